The van der Waals surface area contributed by atoms with Gasteiger partial charge in [0.15, 0.2) is 0 Å². The SMILES string of the molecule is CNC(=O)c1cc(C(=O)N[C@H]2C[C@@H]2CO)cc(Cc2ccccc2)n1. The number of nitrogens with one attached hydrogen (secondary N) is 2. The van der Waals surface area contributed by atoms with Gasteiger partial charge in [-0.25, -0.2) is 4.98 Å². The van der Waals surface area contributed by atoms with E-state index in [9.17, 15) is 9.59 Å². The molecule has 0 spiro atoms. The lowest BCUT2D eigenvalue weighted by Gasteiger charge is -2.09. The molecule has 2 aromatic rings. The Hall–Kier alpha value is -2.73. The van der Waals surface area contributed by atoms with Crippen LogP contribution in [0.5, 0.6) is 0 Å². The normalized spacial score (nSPS) is 18.5. The number of carbonyl (C=O) groups excluding carboxylic acids is 2. The minimum absolute atomic E-state index is 0.00619. The van der Waals surface area contributed by atoms with Crippen molar-refractivity contribution in [3.63, 3.8) is 0 Å². The van der Waals surface area contributed by atoms with Crippen LogP contribution in [0.4, 0.5) is 0 Å². The van der Waals surface area contributed by atoms with E-state index in [2.05, 4.69) is 15.6 Å². The Bertz CT molecular complexity index is 777. The molecule has 0 unspecified atom stereocenters. The number of aliphatic hydroxyl groups is 1. The molecule has 3 N–H and O–H groups in total. The fraction of sp³-hybridized carbons (Fsp3) is 0.316. The molecule has 0 radical (unpaired) electrons. The number of hydrogen-bond donors (Lipinski definition) is 3. The number of aromatic nitrogens is 1. The van der Waals surface area contributed by atoms with Crippen LogP contribution in [0.15, 0.2) is 42.5 Å². The van der Waals surface area contributed by atoms with E-state index in [1.54, 1.807) is 6.07 Å². The zero-order valence-corrected chi connectivity index (χ0v) is 14.0. The third-order valence-electron chi connectivity index (χ3n) is 4.30. The number of rotatable bonds is 6. The maximum atomic E-state index is 12.5. The van der Waals surface area contributed by atoms with Crippen LogP contribution >= 0.6 is 0 Å². The Balaban J connectivity index is 1.84. The van der Waals surface area contributed by atoms with Crippen molar-refractivity contribution in [1.29, 1.82) is 0 Å². The van der Waals surface area contributed by atoms with Crippen molar-refractivity contribution in [3.8, 4) is 0 Å². The molecule has 1 aliphatic rings. The van der Waals surface area contributed by atoms with Crippen LogP contribution in [0.25, 0.3) is 0 Å². The maximum Gasteiger partial charge on any atom is 0.269 e. The van der Waals surface area contributed by atoms with Gasteiger partial charge in [0.25, 0.3) is 11.8 Å². The molecule has 25 heavy (non-hydrogen) atoms. The average molecular weight is 339 g/mol. The van der Waals surface area contributed by atoms with E-state index in [1.165, 1.54) is 13.1 Å². The highest BCUT2D eigenvalue weighted by Crippen LogP contribution is 2.29. The van der Waals surface area contributed by atoms with Crippen molar-refractivity contribution in [2.45, 2.75) is 18.9 Å². The molecule has 0 bridgehead atoms. The Morgan fingerprint density at radius 1 is 1.20 bits per heavy atom. The molecule has 130 valence electrons. The quantitative estimate of drug-likeness (QED) is 0.736. The summed E-state index contributed by atoms with van der Waals surface area (Å²) < 4.78 is 0. The van der Waals surface area contributed by atoms with Gasteiger partial charge in [0.1, 0.15) is 5.69 Å². The second-order valence-corrected chi connectivity index (χ2v) is 6.23. The fourth-order valence-corrected chi connectivity index (χ4v) is 2.74. The van der Waals surface area contributed by atoms with Gasteiger partial charge in [-0.15, -0.1) is 0 Å². The van der Waals surface area contributed by atoms with Crippen molar-refractivity contribution in [2.24, 2.45) is 5.92 Å². The summed E-state index contributed by atoms with van der Waals surface area (Å²) in [4.78, 5) is 28.8. The van der Waals surface area contributed by atoms with E-state index in [0.29, 0.717) is 17.7 Å². The van der Waals surface area contributed by atoms with E-state index in [4.69, 9.17) is 5.11 Å². The third-order valence-corrected chi connectivity index (χ3v) is 4.30. The molecule has 1 aromatic carbocycles. The first kappa shape index (κ1) is 17.1. The summed E-state index contributed by atoms with van der Waals surface area (Å²) in [7, 11) is 1.53. The second kappa shape index (κ2) is 7.44. The molecule has 0 aliphatic heterocycles. The highest BCUT2D eigenvalue weighted by atomic mass is 16.3. The lowest BCUT2D eigenvalue weighted by molar-refractivity contribution is 0.0947. The van der Waals surface area contributed by atoms with Crippen molar-refractivity contribution in [1.82, 2.24) is 15.6 Å². The topological polar surface area (TPSA) is 91.3 Å². The second-order valence-electron chi connectivity index (χ2n) is 6.23. The van der Waals surface area contributed by atoms with Crippen LogP contribution in [-0.2, 0) is 6.42 Å². The lowest BCUT2D eigenvalue weighted by Crippen LogP contribution is -2.28. The fourth-order valence-electron chi connectivity index (χ4n) is 2.74. The first-order chi connectivity index (χ1) is 12.1. The summed E-state index contributed by atoms with van der Waals surface area (Å²) in [5, 5.41) is 14.5. The molecule has 1 aromatic heterocycles. The molecule has 0 saturated heterocycles. The van der Waals surface area contributed by atoms with Gasteiger partial charge >= 0.3 is 0 Å². The average Bonchev–Trinajstić information content (AvgIpc) is 3.39. The van der Waals surface area contributed by atoms with E-state index in [-0.39, 0.29) is 36.1 Å². The molecule has 1 saturated carbocycles. The number of aliphatic hydroxyl groups excluding tert-OH is 1. The molecule has 2 atom stereocenters. The summed E-state index contributed by atoms with van der Waals surface area (Å²) in [6.45, 7) is 0.0735. The highest BCUT2D eigenvalue weighted by Gasteiger charge is 2.37. The number of amides is 2. The van der Waals surface area contributed by atoms with Crippen LogP contribution in [0.1, 0.15) is 38.5 Å². The zero-order chi connectivity index (χ0) is 17.8. The van der Waals surface area contributed by atoms with Crippen molar-refractivity contribution >= 4 is 11.8 Å². The van der Waals surface area contributed by atoms with E-state index >= 15 is 0 Å². The third kappa shape index (κ3) is 4.22. The van der Waals surface area contributed by atoms with Crippen LogP contribution in [0.2, 0.25) is 0 Å². The Morgan fingerprint density at radius 3 is 2.60 bits per heavy atom. The molecular weight excluding hydrogens is 318 g/mol. The number of hydrogen-bond acceptors (Lipinski definition) is 4. The molecule has 2 amide bonds. The predicted molar refractivity (Wildman–Crippen MR) is 93.3 cm³/mol. The maximum absolute atomic E-state index is 12.5. The first-order valence-corrected chi connectivity index (χ1v) is 8.29. The van der Waals surface area contributed by atoms with Crippen LogP contribution in [0, 0.1) is 5.92 Å². The summed E-state index contributed by atoms with van der Waals surface area (Å²) in [6.07, 6.45) is 1.32. The Morgan fingerprint density at radius 2 is 1.96 bits per heavy atom. The molecule has 6 nitrogen and oxygen atoms in total. The smallest absolute Gasteiger partial charge is 0.269 e. The molecule has 3 rings (SSSR count). The Labute approximate surface area is 146 Å². The summed E-state index contributed by atoms with van der Waals surface area (Å²) in [6, 6.07) is 13.0. The molecular formula is C19H21N3O3. The Kier molecular flexibility index (Phi) is 5.09. The molecule has 1 heterocycles. The van der Waals surface area contributed by atoms with Gasteiger partial charge in [-0.2, -0.15) is 0 Å². The van der Waals surface area contributed by atoms with E-state index in [1.807, 2.05) is 30.3 Å². The highest BCUT2D eigenvalue weighted by molar-refractivity contribution is 5.98. The van der Waals surface area contributed by atoms with Crippen LogP contribution in [0.3, 0.4) is 0 Å². The van der Waals surface area contributed by atoms with Gasteiger partial charge in [-0.05, 0) is 24.1 Å². The number of pyridine rings is 1. The number of nitrogens with zero attached hydrogens (tertiary/aromatic N) is 1. The minimum Gasteiger partial charge on any atom is -0.396 e. The molecule has 1 aliphatic carbocycles. The standard InChI is InChI=1S/C19H21N3O3/c1-20-19(25)17-9-13(18(24)22-16-10-14(16)11-23)8-15(21-17)7-12-5-3-2-4-6-12/h2-6,8-9,14,16,23H,7,10-11H2,1H3,(H,20,25)(H,22,24)/t14-,16+/m1/s1. The van der Waals surface area contributed by atoms with Crippen molar-refractivity contribution < 1.29 is 14.7 Å². The zero-order valence-electron chi connectivity index (χ0n) is 14.0. The number of carbonyl (C=O) groups is 2. The van der Waals surface area contributed by atoms with Crippen LogP contribution in [-0.4, -0.2) is 41.6 Å². The van der Waals surface area contributed by atoms with Gasteiger partial charge in [0.2, 0.25) is 0 Å². The largest absolute Gasteiger partial charge is 0.396 e. The molecule has 1 fully saturated rings. The molecule has 6 heteroatoms. The van der Waals surface area contributed by atoms with Crippen molar-refractivity contribution in [2.75, 3.05) is 13.7 Å². The van der Waals surface area contributed by atoms with Crippen molar-refractivity contribution in [3.05, 3.63) is 65.0 Å². The van der Waals surface area contributed by atoms with Gasteiger partial charge in [0, 0.05) is 43.3 Å². The van der Waals surface area contributed by atoms with Gasteiger partial charge in [0.05, 0.1) is 0 Å². The predicted octanol–water partition coefficient (Wildman–Crippen LogP) is 1.14. The first-order valence-electron chi connectivity index (χ1n) is 8.29. The summed E-state index contributed by atoms with van der Waals surface area (Å²) in [5.74, 6) is -0.445. The van der Waals surface area contributed by atoms with E-state index < -0.39 is 0 Å². The summed E-state index contributed by atoms with van der Waals surface area (Å²) in [5.41, 5.74) is 2.34. The van der Waals surface area contributed by atoms with E-state index in [0.717, 1.165) is 12.0 Å². The monoisotopic (exact) mass is 339 g/mol. The minimum atomic E-state index is -0.330. The van der Waals surface area contributed by atoms with Gasteiger partial charge < -0.3 is 15.7 Å². The van der Waals surface area contributed by atoms with Crippen LogP contribution < -0.4 is 10.6 Å². The number of benzene rings is 1. The summed E-state index contributed by atoms with van der Waals surface area (Å²) >= 11 is 0. The van der Waals surface area contributed by atoms with Gasteiger partial charge in [-0.3, -0.25) is 9.59 Å². The lowest BCUT2D eigenvalue weighted by atomic mass is 10.1. The van der Waals surface area contributed by atoms with Gasteiger partial charge in [-0.1, -0.05) is 30.3 Å².